The highest BCUT2D eigenvalue weighted by Crippen LogP contribution is 2.23. The lowest BCUT2D eigenvalue weighted by Crippen LogP contribution is -2.37. The van der Waals surface area contributed by atoms with Crippen molar-refractivity contribution in [2.45, 2.75) is 100 Å². The Morgan fingerprint density at radius 2 is 1.50 bits per heavy atom. The van der Waals surface area contributed by atoms with Gasteiger partial charge in [0, 0.05) is 29.6 Å². The van der Waals surface area contributed by atoms with E-state index in [2.05, 4.69) is 46.4 Å². The largest absolute Gasteiger partial charge is 0.339 e. The summed E-state index contributed by atoms with van der Waals surface area (Å²) < 4.78 is 0. The first-order valence-corrected chi connectivity index (χ1v) is 16.1. The maximum atomic E-state index is 12.7. The molecule has 5 nitrogen and oxygen atoms in total. The Balaban J connectivity index is -0.000000799. The van der Waals surface area contributed by atoms with Crippen LogP contribution in [0.2, 0.25) is 0 Å². The van der Waals surface area contributed by atoms with E-state index in [9.17, 15) is 4.79 Å². The van der Waals surface area contributed by atoms with Crippen LogP contribution in [0.4, 0.5) is 0 Å². The van der Waals surface area contributed by atoms with Crippen molar-refractivity contribution in [1.82, 2.24) is 4.90 Å². The summed E-state index contributed by atoms with van der Waals surface area (Å²) >= 11 is 1.81. The number of amides is 1. The number of benzene rings is 2. The number of thioether (sulfide) groups is 1. The minimum Gasteiger partial charge on any atom is -0.339 e. The average molecular weight is 599 g/mol. The number of rotatable bonds is 7. The quantitative estimate of drug-likeness (QED) is 0.254. The first kappa shape index (κ1) is 43.5. The molecule has 1 N–H and O–H groups in total. The smallest absolute Gasteiger partial charge is 0.253 e. The second kappa shape index (κ2) is 28.1. The number of nitrogens with one attached hydrogen (secondary N) is 1. The van der Waals surface area contributed by atoms with Gasteiger partial charge in [-0.3, -0.25) is 4.79 Å². The van der Waals surface area contributed by atoms with Crippen LogP contribution in [0.25, 0.3) is 11.1 Å². The summed E-state index contributed by atoms with van der Waals surface area (Å²) in [5.41, 5.74) is 4.60. The third-order valence-electron chi connectivity index (χ3n) is 5.68. The van der Waals surface area contributed by atoms with E-state index in [1.54, 1.807) is 0 Å². The molecule has 1 fully saturated rings. The fourth-order valence-corrected chi connectivity index (χ4v) is 4.69. The number of likely N-dealkylation sites (tertiary alicyclic amines) is 1. The molecule has 0 bridgehead atoms. The number of hydrogen-bond acceptors (Lipinski definition) is 5. The molecule has 1 saturated heterocycles. The van der Waals surface area contributed by atoms with Gasteiger partial charge in [-0.25, -0.2) is 0 Å². The van der Waals surface area contributed by atoms with Crippen LogP contribution in [0, 0.1) is 11.3 Å². The summed E-state index contributed by atoms with van der Waals surface area (Å²) in [6.45, 7) is 27.6. The zero-order chi connectivity index (χ0) is 33.1. The molecule has 1 heterocycles. The van der Waals surface area contributed by atoms with Gasteiger partial charge in [0.25, 0.3) is 5.91 Å². The first-order valence-electron chi connectivity index (χ1n) is 15.2. The van der Waals surface area contributed by atoms with Crippen LogP contribution in [-0.4, -0.2) is 47.9 Å². The van der Waals surface area contributed by atoms with Gasteiger partial charge in [-0.1, -0.05) is 98.7 Å². The molecule has 6 heteroatoms. The predicted octanol–water partition coefficient (Wildman–Crippen LogP) is 10.1. The normalized spacial score (nSPS) is 11.6. The fourth-order valence-electron chi connectivity index (χ4n) is 3.88. The number of nitrogens with zero attached hydrogens (tertiary/aromatic N) is 1. The minimum atomic E-state index is 0.141. The van der Waals surface area contributed by atoms with Gasteiger partial charge in [0.15, 0.2) is 0 Å². The number of hydrogen-bond donors (Lipinski definition) is 1. The molecule has 3 rings (SSSR count). The molecule has 236 valence electrons. The second-order valence-electron chi connectivity index (χ2n) is 9.47. The van der Waals surface area contributed by atoms with Crippen molar-refractivity contribution in [3.05, 3.63) is 71.1 Å². The SMILES string of the molecule is C=C(C)SC(C)C.C=O.CC.CC.CC=O.CCCC(=N)c1cccc(-c2ccc(C(=O)N3CCC(C)CC3)cc2)c1. The van der Waals surface area contributed by atoms with Crippen molar-refractivity contribution >= 4 is 36.5 Å². The second-order valence-corrected chi connectivity index (χ2v) is 11.3. The highest BCUT2D eigenvalue weighted by molar-refractivity contribution is 8.03. The van der Waals surface area contributed by atoms with Crippen LogP contribution in [0.1, 0.15) is 111 Å². The number of allylic oxidation sites excluding steroid dienone is 1. The molecule has 42 heavy (non-hydrogen) atoms. The third kappa shape index (κ3) is 19.2. The van der Waals surface area contributed by atoms with Crippen molar-refractivity contribution < 1.29 is 14.4 Å². The van der Waals surface area contributed by atoms with Gasteiger partial charge in [-0.05, 0) is 78.8 Å². The Morgan fingerprint density at radius 1 is 1.00 bits per heavy atom. The van der Waals surface area contributed by atoms with Crippen molar-refractivity contribution in [3.63, 3.8) is 0 Å². The Hall–Kier alpha value is -2.99. The van der Waals surface area contributed by atoms with Crippen LogP contribution in [-0.2, 0) is 9.59 Å². The molecule has 0 spiro atoms. The van der Waals surface area contributed by atoms with Crippen LogP contribution in [0.5, 0.6) is 0 Å². The Labute approximate surface area is 262 Å². The van der Waals surface area contributed by atoms with E-state index >= 15 is 0 Å². The molecule has 2 aromatic rings. The highest BCUT2D eigenvalue weighted by atomic mass is 32.2. The van der Waals surface area contributed by atoms with Crippen molar-refractivity contribution in [2.24, 2.45) is 5.92 Å². The number of aldehydes is 1. The van der Waals surface area contributed by atoms with Gasteiger partial charge in [0.2, 0.25) is 0 Å². The molecular formula is C36H58N2O3S. The van der Waals surface area contributed by atoms with E-state index in [4.69, 9.17) is 15.0 Å². The summed E-state index contributed by atoms with van der Waals surface area (Å²) in [6.07, 6.45) is 4.72. The Morgan fingerprint density at radius 3 is 1.90 bits per heavy atom. The lowest BCUT2D eigenvalue weighted by Gasteiger charge is -2.30. The highest BCUT2D eigenvalue weighted by Gasteiger charge is 2.21. The zero-order valence-corrected chi connectivity index (χ0v) is 28.9. The molecule has 0 saturated carbocycles. The van der Waals surface area contributed by atoms with Crippen LogP contribution in [0.3, 0.4) is 0 Å². The van der Waals surface area contributed by atoms with Crippen LogP contribution >= 0.6 is 11.8 Å². The summed E-state index contributed by atoms with van der Waals surface area (Å²) in [5, 5.41) is 8.85. The van der Waals surface area contributed by atoms with Crippen molar-refractivity contribution in [2.75, 3.05) is 13.1 Å². The van der Waals surface area contributed by atoms with E-state index in [1.165, 1.54) is 11.8 Å². The summed E-state index contributed by atoms with van der Waals surface area (Å²) in [6, 6.07) is 16.0. The molecule has 0 aliphatic carbocycles. The minimum absolute atomic E-state index is 0.141. The van der Waals surface area contributed by atoms with Crippen molar-refractivity contribution in [1.29, 1.82) is 5.41 Å². The zero-order valence-electron chi connectivity index (χ0n) is 28.1. The molecule has 0 radical (unpaired) electrons. The van der Waals surface area contributed by atoms with E-state index in [0.717, 1.165) is 73.2 Å². The van der Waals surface area contributed by atoms with E-state index in [0.29, 0.717) is 11.0 Å². The summed E-state index contributed by atoms with van der Waals surface area (Å²) in [7, 11) is 0. The molecule has 1 amide bonds. The molecule has 0 aromatic heterocycles. The maximum Gasteiger partial charge on any atom is 0.253 e. The molecule has 1 aliphatic heterocycles. The predicted molar refractivity (Wildman–Crippen MR) is 187 cm³/mol. The molecular weight excluding hydrogens is 540 g/mol. The first-order chi connectivity index (χ1) is 20.1. The lowest BCUT2D eigenvalue weighted by molar-refractivity contribution is -0.106. The van der Waals surface area contributed by atoms with Crippen molar-refractivity contribution in [3.8, 4) is 11.1 Å². The average Bonchev–Trinajstić information content (AvgIpc) is 3.00. The topological polar surface area (TPSA) is 78.3 Å². The number of piperidine rings is 1. The van der Waals surface area contributed by atoms with Gasteiger partial charge in [0.1, 0.15) is 13.1 Å². The van der Waals surface area contributed by atoms with Gasteiger partial charge in [-0.15, -0.1) is 11.8 Å². The third-order valence-corrected chi connectivity index (χ3v) is 6.56. The summed E-state index contributed by atoms with van der Waals surface area (Å²) in [4.78, 5) is 32.7. The number of carbonyl (C=O) groups is 3. The molecule has 0 atom stereocenters. The Kier molecular flexibility index (Phi) is 29.1. The number of carbonyl (C=O) groups excluding carboxylic acids is 3. The van der Waals surface area contributed by atoms with E-state index < -0.39 is 0 Å². The summed E-state index contributed by atoms with van der Waals surface area (Å²) in [5.74, 6) is 0.863. The fraction of sp³-hybridized carbons (Fsp3) is 0.500. The van der Waals surface area contributed by atoms with Crippen LogP contribution in [0.15, 0.2) is 60.0 Å². The standard InChI is InChI=1S/C23H28N2O.C6H12S.C2H4O.2C2H6.CH2O/c1-3-5-22(24)21-7-4-6-20(16-21)18-8-10-19(11-9-18)23(26)25-14-12-17(2)13-15-25;1-5(2)7-6(3)4;1-2-3;3*1-2/h4,6-11,16-17,24H,3,5,12-15H2,1-2H3;6H,1H2,2-4H3;2H,1H3;2*1-2H3;1H2. The van der Waals surface area contributed by atoms with E-state index in [-0.39, 0.29) is 5.91 Å². The maximum absolute atomic E-state index is 12.7. The molecule has 1 aliphatic rings. The molecule has 2 aromatic carbocycles. The van der Waals surface area contributed by atoms with Gasteiger partial charge < -0.3 is 19.9 Å². The van der Waals surface area contributed by atoms with Gasteiger partial charge >= 0.3 is 0 Å². The Bertz CT molecular complexity index is 995. The van der Waals surface area contributed by atoms with Crippen LogP contribution < -0.4 is 0 Å². The van der Waals surface area contributed by atoms with E-state index in [1.807, 2.05) is 94.5 Å². The van der Waals surface area contributed by atoms with Gasteiger partial charge in [0.05, 0.1) is 0 Å². The monoisotopic (exact) mass is 598 g/mol. The lowest BCUT2D eigenvalue weighted by atomic mass is 9.97. The molecule has 0 unspecified atom stereocenters. The van der Waals surface area contributed by atoms with Gasteiger partial charge in [-0.2, -0.15) is 0 Å².